The van der Waals surface area contributed by atoms with Gasteiger partial charge in [-0.15, -0.1) is 0 Å². The summed E-state index contributed by atoms with van der Waals surface area (Å²) in [5, 5.41) is 26.3. The van der Waals surface area contributed by atoms with Crippen LogP contribution in [0.15, 0.2) is 0 Å². The molecule has 0 aromatic heterocycles. The van der Waals surface area contributed by atoms with Gasteiger partial charge in [-0.05, 0) is 37.7 Å². The third-order valence-corrected chi connectivity index (χ3v) is 5.80. The summed E-state index contributed by atoms with van der Waals surface area (Å²) in [6, 6.07) is -4.76. The van der Waals surface area contributed by atoms with Crippen molar-refractivity contribution >= 4 is 41.4 Å². The van der Waals surface area contributed by atoms with Crippen LogP contribution < -0.4 is 27.4 Å². The molecular weight excluding hydrogens is 454 g/mol. The van der Waals surface area contributed by atoms with Crippen LogP contribution in [0.2, 0.25) is 0 Å². The molecule has 4 amide bonds. The molecule has 9 N–H and O–H groups in total. The monoisotopic (exact) mass is 491 g/mol. The molecule has 13 heteroatoms. The van der Waals surface area contributed by atoms with Crippen LogP contribution in [0.5, 0.6) is 0 Å². The summed E-state index contributed by atoms with van der Waals surface area (Å²) in [5.41, 5.74) is 10.7. The average molecular weight is 492 g/mol. The van der Waals surface area contributed by atoms with E-state index in [1.54, 1.807) is 13.8 Å². The lowest BCUT2D eigenvalue weighted by Crippen LogP contribution is -2.58. The first kappa shape index (κ1) is 30.6. The molecular formula is C20H37N5O7S. The molecule has 0 bridgehead atoms. The van der Waals surface area contributed by atoms with Gasteiger partial charge in [0, 0.05) is 6.42 Å². The van der Waals surface area contributed by atoms with Gasteiger partial charge in [0.25, 0.3) is 0 Å². The Bertz CT molecular complexity index is 692. The Balaban J connectivity index is 5.57. The summed E-state index contributed by atoms with van der Waals surface area (Å²) in [6.07, 6.45) is 0.973. The van der Waals surface area contributed by atoms with Crippen LogP contribution in [0.3, 0.4) is 0 Å². The second-order valence-electron chi connectivity index (χ2n) is 7.89. The summed E-state index contributed by atoms with van der Waals surface area (Å²) in [7, 11) is 0. The maximum absolute atomic E-state index is 12.9. The number of hydrogen-bond acceptors (Lipinski definition) is 8. The minimum Gasteiger partial charge on any atom is -0.480 e. The zero-order chi connectivity index (χ0) is 25.7. The predicted molar refractivity (Wildman–Crippen MR) is 124 cm³/mol. The Morgan fingerprint density at radius 2 is 1.45 bits per heavy atom. The molecule has 0 aliphatic rings. The second kappa shape index (κ2) is 15.5. The molecule has 0 spiro atoms. The molecule has 0 radical (unpaired) electrons. The van der Waals surface area contributed by atoms with Gasteiger partial charge in [0.1, 0.15) is 24.2 Å². The minimum atomic E-state index is -1.31. The molecule has 0 aliphatic heterocycles. The molecule has 0 aromatic carbocycles. The predicted octanol–water partition coefficient (Wildman–Crippen LogP) is -1.70. The SMILES string of the molecule is CCC(C)C(NC(=O)C(CCSC)NC(=O)C(CCC(N)=O)NC(=O)C(N)C(C)O)C(=O)O. The van der Waals surface area contributed by atoms with E-state index in [-0.39, 0.29) is 25.2 Å². The van der Waals surface area contributed by atoms with Crippen molar-refractivity contribution < 1.29 is 34.2 Å². The summed E-state index contributed by atoms with van der Waals surface area (Å²) in [5.74, 6) is -3.99. The standard InChI is InChI=1S/C20H37N5O7S/c1-5-10(2)16(20(31)32)25-18(29)13(8-9-33-4)23-17(28)12(6-7-14(21)27)24-19(30)15(22)11(3)26/h10-13,15-16,26H,5-9,22H2,1-4H3,(H2,21,27)(H,23,28)(H,24,30)(H,25,29)(H,31,32). The Hall–Kier alpha value is -2.38. The topological polar surface area (TPSA) is 214 Å². The highest BCUT2D eigenvalue weighted by Crippen LogP contribution is 2.10. The first-order valence-corrected chi connectivity index (χ1v) is 12.1. The van der Waals surface area contributed by atoms with E-state index >= 15 is 0 Å². The van der Waals surface area contributed by atoms with Gasteiger partial charge in [0.05, 0.1) is 6.10 Å². The zero-order valence-corrected chi connectivity index (χ0v) is 20.3. The number of nitrogens with two attached hydrogens (primary N) is 2. The summed E-state index contributed by atoms with van der Waals surface area (Å²) < 4.78 is 0. The number of aliphatic hydroxyl groups is 1. The lowest BCUT2D eigenvalue weighted by atomic mass is 9.98. The highest BCUT2D eigenvalue weighted by atomic mass is 32.2. The number of carbonyl (C=O) groups excluding carboxylic acids is 4. The van der Waals surface area contributed by atoms with Gasteiger partial charge in [-0.3, -0.25) is 19.2 Å². The first-order chi connectivity index (χ1) is 15.3. The average Bonchev–Trinajstić information content (AvgIpc) is 2.75. The fourth-order valence-electron chi connectivity index (χ4n) is 2.76. The number of carbonyl (C=O) groups is 5. The van der Waals surface area contributed by atoms with Crippen molar-refractivity contribution in [2.45, 2.75) is 76.7 Å². The summed E-state index contributed by atoms with van der Waals surface area (Å²) in [6.45, 7) is 4.79. The molecule has 33 heavy (non-hydrogen) atoms. The van der Waals surface area contributed by atoms with E-state index in [9.17, 15) is 34.2 Å². The molecule has 0 aliphatic carbocycles. The van der Waals surface area contributed by atoms with Crippen molar-refractivity contribution in [1.82, 2.24) is 16.0 Å². The molecule has 0 heterocycles. The van der Waals surface area contributed by atoms with E-state index in [1.165, 1.54) is 18.7 Å². The van der Waals surface area contributed by atoms with Gasteiger partial charge in [-0.1, -0.05) is 20.3 Å². The molecule has 0 saturated heterocycles. The smallest absolute Gasteiger partial charge is 0.326 e. The number of carboxylic acid groups (broad SMARTS) is 1. The number of hydrogen-bond donors (Lipinski definition) is 7. The van der Waals surface area contributed by atoms with Crippen molar-refractivity contribution in [1.29, 1.82) is 0 Å². The summed E-state index contributed by atoms with van der Waals surface area (Å²) in [4.78, 5) is 60.7. The van der Waals surface area contributed by atoms with E-state index in [2.05, 4.69) is 16.0 Å². The molecule has 0 rings (SSSR count). The van der Waals surface area contributed by atoms with E-state index in [0.717, 1.165) is 0 Å². The fourth-order valence-corrected chi connectivity index (χ4v) is 3.23. The minimum absolute atomic E-state index is 0.152. The summed E-state index contributed by atoms with van der Waals surface area (Å²) >= 11 is 1.43. The van der Waals surface area contributed by atoms with E-state index < -0.39 is 59.9 Å². The number of primary amides is 1. The molecule has 190 valence electrons. The van der Waals surface area contributed by atoms with Crippen molar-refractivity contribution in [2.24, 2.45) is 17.4 Å². The maximum Gasteiger partial charge on any atom is 0.326 e. The molecule has 6 atom stereocenters. The van der Waals surface area contributed by atoms with Crippen LogP contribution in [0.25, 0.3) is 0 Å². The van der Waals surface area contributed by atoms with Crippen molar-refractivity contribution in [2.75, 3.05) is 12.0 Å². The molecule has 0 aromatic rings. The van der Waals surface area contributed by atoms with Gasteiger partial charge in [-0.25, -0.2) is 4.79 Å². The molecule has 12 nitrogen and oxygen atoms in total. The van der Waals surface area contributed by atoms with Crippen molar-refractivity contribution in [3.8, 4) is 0 Å². The van der Waals surface area contributed by atoms with Crippen LogP contribution in [-0.4, -0.2) is 82.1 Å². The van der Waals surface area contributed by atoms with Crippen molar-refractivity contribution in [3.05, 3.63) is 0 Å². The van der Waals surface area contributed by atoms with Gasteiger partial charge >= 0.3 is 5.97 Å². The van der Waals surface area contributed by atoms with E-state index in [1.807, 2.05) is 6.26 Å². The lowest BCUT2D eigenvalue weighted by molar-refractivity contribution is -0.143. The molecule has 0 fully saturated rings. The quantitative estimate of drug-likeness (QED) is 0.131. The Kier molecular flexibility index (Phi) is 14.3. The van der Waals surface area contributed by atoms with Gasteiger partial charge in [-0.2, -0.15) is 11.8 Å². The van der Waals surface area contributed by atoms with Crippen LogP contribution in [0, 0.1) is 5.92 Å². The third kappa shape index (κ3) is 11.3. The fraction of sp³-hybridized carbons (Fsp3) is 0.750. The zero-order valence-electron chi connectivity index (χ0n) is 19.5. The number of carboxylic acids is 1. The van der Waals surface area contributed by atoms with Crippen LogP contribution in [-0.2, 0) is 24.0 Å². The third-order valence-electron chi connectivity index (χ3n) is 5.16. The Labute approximate surface area is 198 Å². The van der Waals surface area contributed by atoms with Crippen LogP contribution >= 0.6 is 11.8 Å². The number of amides is 4. The first-order valence-electron chi connectivity index (χ1n) is 10.7. The molecule has 6 unspecified atom stereocenters. The maximum atomic E-state index is 12.9. The van der Waals surface area contributed by atoms with Gasteiger partial charge < -0.3 is 37.6 Å². The number of rotatable bonds is 16. The van der Waals surface area contributed by atoms with Crippen LogP contribution in [0.4, 0.5) is 0 Å². The number of thioether (sulfide) groups is 1. The Morgan fingerprint density at radius 1 is 0.939 bits per heavy atom. The van der Waals surface area contributed by atoms with E-state index in [0.29, 0.717) is 12.2 Å². The van der Waals surface area contributed by atoms with E-state index in [4.69, 9.17) is 11.5 Å². The highest BCUT2D eigenvalue weighted by Gasteiger charge is 2.32. The number of nitrogens with one attached hydrogen (secondary N) is 3. The number of aliphatic carboxylic acids is 1. The van der Waals surface area contributed by atoms with Crippen LogP contribution in [0.1, 0.15) is 46.5 Å². The highest BCUT2D eigenvalue weighted by molar-refractivity contribution is 7.98. The van der Waals surface area contributed by atoms with Gasteiger partial charge in [0.15, 0.2) is 0 Å². The number of aliphatic hydroxyl groups excluding tert-OH is 1. The van der Waals surface area contributed by atoms with Crippen molar-refractivity contribution in [3.63, 3.8) is 0 Å². The lowest BCUT2D eigenvalue weighted by Gasteiger charge is -2.26. The largest absolute Gasteiger partial charge is 0.480 e. The normalized spacial score (nSPS) is 16.4. The molecule has 0 saturated carbocycles. The van der Waals surface area contributed by atoms with Gasteiger partial charge in [0.2, 0.25) is 23.6 Å². The Morgan fingerprint density at radius 3 is 1.91 bits per heavy atom. The second-order valence-corrected chi connectivity index (χ2v) is 8.87.